The van der Waals surface area contributed by atoms with Crippen LogP contribution in [0.5, 0.6) is 0 Å². The normalized spacial score (nSPS) is 18.1. The van der Waals surface area contributed by atoms with Crippen molar-refractivity contribution in [3.63, 3.8) is 0 Å². The highest BCUT2D eigenvalue weighted by Gasteiger charge is 2.43. The summed E-state index contributed by atoms with van der Waals surface area (Å²) in [4.78, 5) is 30.6. The Balaban J connectivity index is 1.19. The van der Waals surface area contributed by atoms with Crippen molar-refractivity contribution in [1.29, 1.82) is 0 Å². The van der Waals surface area contributed by atoms with E-state index < -0.39 is 26.1 Å². The van der Waals surface area contributed by atoms with Gasteiger partial charge in [-0.25, -0.2) is 18.7 Å². The van der Waals surface area contributed by atoms with E-state index in [1.807, 2.05) is 0 Å². The van der Waals surface area contributed by atoms with Gasteiger partial charge in [0.25, 0.3) is 5.91 Å². The first kappa shape index (κ1) is 33.1. The predicted octanol–water partition coefficient (Wildman–Crippen LogP) is 7.42. The van der Waals surface area contributed by atoms with E-state index in [9.17, 15) is 4.79 Å². The second kappa shape index (κ2) is 13.0. The molecular weight excluding hydrogens is 619 g/mol. The molecule has 4 heterocycles. The van der Waals surface area contributed by atoms with Gasteiger partial charge in [-0.15, -0.1) is 0 Å². The molecule has 0 N–H and O–H groups in total. The average Bonchev–Trinajstić information content (AvgIpc) is 3.63. The summed E-state index contributed by atoms with van der Waals surface area (Å²) >= 11 is 0. The number of anilines is 1. The molecule has 0 unspecified atom stereocenters. The topological polar surface area (TPSA) is 97.5 Å². The summed E-state index contributed by atoms with van der Waals surface area (Å²) in [6.45, 7) is 14.8. The summed E-state index contributed by atoms with van der Waals surface area (Å²) in [5.41, 5.74) is 1.94. The number of aryl methyl sites for hydroxylation is 1. The van der Waals surface area contributed by atoms with E-state index in [0.29, 0.717) is 65.4 Å². The second-order valence-electron chi connectivity index (χ2n) is 14.3. The molecule has 250 valence electrons. The lowest BCUT2D eigenvalue weighted by Crippen LogP contribution is -2.46. The second-order valence-corrected chi connectivity index (χ2v) is 19.1. The van der Waals surface area contributed by atoms with Crippen molar-refractivity contribution in [2.75, 3.05) is 24.5 Å². The van der Waals surface area contributed by atoms with Gasteiger partial charge in [0.15, 0.2) is 14.1 Å². The molecule has 0 radical (unpaired) electrons. The van der Waals surface area contributed by atoms with Crippen LogP contribution in [-0.2, 0) is 22.2 Å². The van der Waals surface area contributed by atoms with E-state index in [1.54, 1.807) is 17.0 Å². The number of aromatic nitrogens is 4. The minimum Gasteiger partial charge on any atom is -0.405 e. The number of amides is 1. The molecule has 4 aromatic rings. The molecule has 2 aliphatic rings. The number of likely N-dealkylation sites (tertiary alicyclic amines) is 1. The summed E-state index contributed by atoms with van der Waals surface area (Å²) < 4.78 is 42.5. The summed E-state index contributed by atoms with van der Waals surface area (Å²) in [7, 11) is -2.13. The number of rotatable bonds is 9. The number of benzene rings is 2. The zero-order valence-corrected chi connectivity index (χ0v) is 29.1. The van der Waals surface area contributed by atoms with Gasteiger partial charge in [0.1, 0.15) is 29.9 Å². The fourth-order valence-corrected chi connectivity index (χ4v) is 7.53. The Morgan fingerprint density at radius 1 is 1.04 bits per heavy atom. The molecular formula is C35H44F2N6O3Si. The van der Waals surface area contributed by atoms with Crippen LogP contribution >= 0.6 is 0 Å². The monoisotopic (exact) mass is 662 g/mol. The van der Waals surface area contributed by atoms with Crippen LogP contribution in [0.25, 0.3) is 22.0 Å². The SMILES string of the molecule is CCCc1nc(C2CCN(c3ncnc4c(-c5ccc(CN6CC[C@H](O[Si](C)(C)C(C)(C)C)C6=O)c(F)c5)cc(F)cc34)CC2)no1. The van der Waals surface area contributed by atoms with Crippen LogP contribution in [0, 0.1) is 11.6 Å². The number of hydrogen-bond acceptors (Lipinski definition) is 8. The molecule has 0 saturated carbocycles. The van der Waals surface area contributed by atoms with Gasteiger partial charge in [0.2, 0.25) is 5.89 Å². The van der Waals surface area contributed by atoms with E-state index >= 15 is 8.78 Å². The van der Waals surface area contributed by atoms with Crippen molar-refractivity contribution in [2.45, 2.75) is 96.5 Å². The minimum absolute atomic E-state index is 0.0130. The predicted molar refractivity (Wildman–Crippen MR) is 179 cm³/mol. The number of nitrogens with zero attached hydrogens (tertiary/aromatic N) is 6. The number of carbonyl (C=O) groups excluding carboxylic acids is 1. The molecule has 6 rings (SSSR count). The Morgan fingerprint density at radius 2 is 1.81 bits per heavy atom. The lowest BCUT2D eigenvalue weighted by molar-refractivity contribution is -0.134. The van der Waals surface area contributed by atoms with E-state index in [-0.39, 0.29) is 23.4 Å². The molecule has 9 nitrogen and oxygen atoms in total. The first-order valence-electron chi connectivity index (χ1n) is 16.6. The van der Waals surface area contributed by atoms with E-state index in [4.69, 9.17) is 8.95 Å². The Kier molecular flexibility index (Phi) is 9.19. The first-order valence-corrected chi connectivity index (χ1v) is 19.5. The summed E-state index contributed by atoms with van der Waals surface area (Å²) in [5.74, 6) is 1.25. The van der Waals surface area contributed by atoms with E-state index in [2.05, 4.69) is 65.8 Å². The van der Waals surface area contributed by atoms with Crippen molar-refractivity contribution in [1.82, 2.24) is 25.0 Å². The fourth-order valence-electron chi connectivity index (χ4n) is 6.25. The summed E-state index contributed by atoms with van der Waals surface area (Å²) in [6, 6.07) is 7.67. The van der Waals surface area contributed by atoms with Gasteiger partial charge in [-0.05, 0) is 67.6 Å². The third-order valence-electron chi connectivity index (χ3n) is 10.0. The Hall–Kier alpha value is -3.77. The van der Waals surface area contributed by atoms with Crippen molar-refractivity contribution in [2.24, 2.45) is 0 Å². The molecule has 12 heteroatoms. The van der Waals surface area contributed by atoms with Gasteiger partial charge in [0, 0.05) is 55.0 Å². The maximum absolute atomic E-state index is 15.6. The third kappa shape index (κ3) is 6.80. The van der Waals surface area contributed by atoms with Crippen molar-refractivity contribution >= 4 is 30.9 Å². The maximum Gasteiger partial charge on any atom is 0.250 e. The van der Waals surface area contributed by atoms with Crippen LogP contribution in [0.2, 0.25) is 18.1 Å². The highest BCUT2D eigenvalue weighted by atomic mass is 28.4. The Labute approximate surface area is 275 Å². The Bertz CT molecular complexity index is 1770. The highest BCUT2D eigenvalue weighted by molar-refractivity contribution is 6.74. The van der Waals surface area contributed by atoms with Gasteiger partial charge in [-0.2, -0.15) is 4.98 Å². The number of fused-ring (bicyclic) bond motifs is 1. The van der Waals surface area contributed by atoms with Gasteiger partial charge in [-0.1, -0.05) is 45.0 Å². The smallest absolute Gasteiger partial charge is 0.250 e. The zero-order chi connectivity index (χ0) is 33.5. The molecule has 2 saturated heterocycles. The quantitative estimate of drug-likeness (QED) is 0.171. The van der Waals surface area contributed by atoms with E-state index in [1.165, 1.54) is 24.5 Å². The van der Waals surface area contributed by atoms with Gasteiger partial charge in [-0.3, -0.25) is 4.79 Å². The van der Waals surface area contributed by atoms with Crippen LogP contribution in [0.1, 0.15) is 76.6 Å². The summed E-state index contributed by atoms with van der Waals surface area (Å²) in [5, 5.41) is 4.76. The van der Waals surface area contributed by atoms with Gasteiger partial charge < -0.3 is 18.7 Å². The largest absolute Gasteiger partial charge is 0.405 e. The van der Waals surface area contributed by atoms with E-state index in [0.717, 1.165) is 31.5 Å². The molecule has 2 aromatic heterocycles. The van der Waals surface area contributed by atoms with Gasteiger partial charge in [0.05, 0.1) is 5.52 Å². The minimum atomic E-state index is -2.13. The number of halogens is 2. The fraction of sp³-hybridized carbons (Fsp3) is 0.514. The first-order chi connectivity index (χ1) is 22.3. The molecule has 2 aliphatic heterocycles. The molecule has 1 amide bonds. The molecule has 2 aromatic carbocycles. The number of hydrogen-bond donors (Lipinski definition) is 0. The number of piperidine rings is 1. The van der Waals surface area contributed by atoms with Crippen LogP contribution < -0.4 is 4.90 Å². The van der Waals surface area contributed by atoms with Crippen LogP contribution in [0.3, 0.4) is 0 Å². The zero-order valence-electron chi connectivity index (χ0n) is 28.1. The molecule has 0 spiro atoms. The molecule has 2 fully saturated rings. The lowest BCUT2D eigenvalue weighted by Gasteiger charge is -2.37. The Morgan fingerprint density at radius 3 is 2.51 bits per heavy atom. The highest BCUT2D eigenvalue weighted by Crippen LogP contribution is 2.39. The third-order valence-corrected chi connectivity index (χ3v) is 14.5. The van der Waals surface area contributed by atoms with Crippen molar-refractivity contribution < 1.29 is 22.5 Å². The van der Waals surface area contributed by atoms with Crippen molar-refractivity contribution in [3.8, 4) is 11.1 Å². The molecule has 0 aliphatic carbocycles. The lowest BCUT2D eigenvalue weighted by atomic mass is 9.95. The van der Waals surface area contributed by atoms with Crippen LogP contribution in [0.4, 0.5) is 14.6 Å². The molecule has 0 bridgehead atoms. The van der Waals surface area contributed by atoms with Crippen molar-refractivity contribution in [3.05, 3.63) is 65.6 Å². The maximum atomic E-state index is 15.6. The standard InChI is InChI=1S/C35H44F2N6O3Si/c1-7-8-30-40-32(41-45-30)22-11-14-42(15-12-22)33-27-19-25(36)18-26(31(27)38-21-39-33)23-9-10-24(28(37)17-23)20-43-16-13-29(34(43)44)46-47(5,6)35(2,3)4/h9-10,17-19,21-22,29H,7-8,11-16,20H2,1-6H3/t29-/m0/s1. The average molecular weight is 663 g/mol. The number of carbonyl (C=O) groups is 1. The van der Waals surface area contributed by atoms with Crippen LogP contribution in [-0.4, -0.2) is 65.0 Å². The van der Waals surface area contributed by atoms with Gasteiger partial charge >= 0.3 is 0 Å². The van der Waals surface area contributed by atoms with Crippen LogP contribution in [0.15, 0.2) is 41.2 Å². The summed E-state index contributed by atoms with van der Waals surface area (Å²) in [6.07, 6.45) is 4.93. The molecule has 1 atom stereocenters. The molecule has 47 heavy (non-hydrogen) atoms.